The summed E-state index contributed by atoms with van der Waals surface area (Å²) >= 11 is 1.68. The summed E-state index contributed by atoms with van der Waals surface area (Å²) in [5.74, 6) is 3.04. The number of aryl methyl sites for hydroxylation is 1. The molecule has 1 aromatic carbocycles. The van der Waals surface area contributed by atoms with Crippen LogP contribution in [0.3, 0.4) is 0 Å². The molecule has 0 spiro atoms. The molecule has 1 heterocycles. The first-order valence-corrected chi connectivity index (χ1v) is 6.27. The number of carbonyl (C=O) groups is 1. The second-order valence-corrected chi connectivity index (χ2v) is 4.70. The highest BCUT2D eigenvalue weighted by atomic mass is 32.2. The molecule has 0 aliphatic carbocycles. The minimum Gasteiger partial charge on any atom is -0.493 e. The van der Waals surface area contributed by atoms with Gasteiger partial charge in [0.15, 0.2) is 17.3 Å². The molecule has 0 N–H and O–H groups in total. The lowest BCUT2D eigenvalue weighted by Gasteiger charge is -2.11. The van der Waals surface area contributed by atoms with E-state index in [0.29, 0.717) is 17.3 Å². The van der Waals surface area contributed by atoms with Crippen LogP contribution in [0, 0.1) is 0 Å². The van der Waals surface area contributed by atoms with Crippen molar-refractivity contribution in [2.24, 2.45) is 0 Å². The topological polar surface area (TPSA) is 35.5 Å². The Morgan fingerprint density at radius 3 is 2.56 bits per heavy atom. The van der Waals surface area contributed by atoms with E-state index in [-0.39, 0.29) is 5.78 Å². The van der Waals surface area contributed by atoms with Crippen LogP contribution in [-0.2, 0) is 6.42 Å². The Bertz CT molecular complexity index is 415. The van der Waals surface area contributed by atoms with Crippen LogP contribution in [-0.4, -0.2) is 31.5 Å². The number of thioether (sulfide) groups is 1. The lowest BCUT2D eigenvalue weighted by atomic mass is 10.0. The van der Waals surface area contributed by atoms with Crippen molar-refractivity contribution >= 4 is 17.5 Å². The number of hydrogen-bond donors (Lipinski definition) is 0. The van der Waals surface area contributed by atoms with Gasteiger partial charge < -0.3 is 9.47 Å². The van der Waals surface area contributed by atoms with E-state index in [1.165, 1.54) is 0 Å². The van der Waals surface area contributed by atoms with Gasteiger partial charge >= 0.3 is 0 Å². The Labute approximate surface area is 99.1 Å². The van der Waals surface area contributed by atoms with E-state index in [1.54, 1.807) is 32.0 Å². The van der Waals surface area contributed by atoms with Crippen molar-refractivity contribution < 1.29 is 14.3 Å². The summed E-state index contributed by atoms with van der Waals surface area (Å²) in [5, 5.41) is 0. The lowest BCUT2D eigenvalue weighted by Crippen LogP contribution is -2.05. The molecule has 86 valence electrons. The van der Waals surface area contributed by atoms with Crippen molar-refractivity contribution in [1.29, 1.82) is 0 Å². The van der Waals surface area contributed by atoms with E-state index < -0.39 is 0 Å². The van der Waals surface area contributed by atoms with Crippen molar-refractivity contribution in [3.8, 4) is 11.5 Å². The van der Waals surface area contributed by atoms with Crippen molar-refractivity contribution in [3.05, 3.63) is 23.3 Å². The van der Waals surface area contributed by atoms with Gasteiger partial charge in [0.2, 0.25) is 0 Å². The summed E-state index contributed by atoms with van der Waals surface area (Å²) in [5.41, 5.74) is 1.84. The molecule has 0 saturated carbocycles. The van der Waals surface area contributed by atoms with Gasteiger partial charge in [0.25, 0.3) is 0 Å². The predicted octanol–water partition coefficient (Wildman–Crippen LogP) is 2.18. The van der Waals surface area contributed by atoms with Gasteiger partial charge in [0, 0.05) is 5.56 Å². The fourth-order valence-electron chi connectivity index (χ4n) is 1.81. The summed E-state index contributed by atoms with van der Waals surface area (Å²) in [6.07, 6.45) is 0.909. The zero-order valence-electron chi connectivity index (χ0n) is 9.41. The van der Waals surface area contributed by atoms with Crippen LogP contribution in [0.1, 0.15) is 15.9 Å². The standard InChI is InChI=1S/C12H14O3S/c1-14-11-5-8-3-4-16-7-10(13)9(8)6-12(11)15-2/h5-6H,3-4,7H2,1-2H3. The molecule has 16 heavy (non-hydrogen) atoms. The van der Waals surface area contributed by atoms with Crippen molar-refractivity contribution in [2.45, 2.75) is 6.42 Å². The normalized spacial score (nSPS) is 15.2. The lowest BCUT2D eigenvalue weighted by molar-refractivity contribution is 0.102. The average molecular weight is 238 g/mol. The fourth-order valence-corrected chi connectivity index (χ4v) is 2.66. The Morgan fingerprint density at radius 1 is 1.19 bits per heavy atom. The predicted molar refractivity (Wildman–Crippen MR) is 64.9 cm³/mol. The molecule has 0 fully saturated rings. The quantitative estimate of drug-likeness (QED) is 0.791. The maximum Gasteiger partial charge on any atom is 0.173 e. The first-order chi connectivity index (χ1) is 7.76. The number of Topliss-reactive ketones (excluding diaryl/α,β-unsaturated/α-hetero) is 1. The van der Waals surface area contributed by atoms with Crippen LogP contribution in [0.4, 0.5) is 0 Å². The molecule has 3 nitrogen and oxygen atoms in total. The van der Waals surface area contributed by atoms with E-state index in [9.17, 15) is 4.79 Å². The summed E-state index contributed by atoms with van der Waals surface area (Å²) in [6, 6.07) is 3.71. The maximum absolute atomic E-state index is 11.9. The summed E-state index contributed by atoms with van der Waals surface area (Å²) in [7, 11) is 3.19. The number of hydrogen-bond acceptors (Lipinski definition) is 4. The van der Waals surface area contributed by atoms with Crippen LogP contribution < -0.4 is 9.47 Å². The van der Waals surface area contributed by atoms with Crippen molar-refractivity contribution in [3.63, 3.8) is 0 Å². The Hall–Kier alpha value is -1.16. The molecule has 1 aromatic rings. The second-order valence-electron chi connectivity index (χ2n) is 3.59. The van der Waals surface area contributed by atoms with Gasteiger partial charge in [-0.05, 0) is 29.9 Å². The first kappa shape index (κ1) is 11.3. The maximum atomic E-state index is 11.9. The average Bonchev–Trinajstić information content (AvgIpc) is 2.49. The molecule has 4 heteroatoms. The monoisotopic (exact) mass is 238 g/mol. The van der Waals surface area contributed by atoms with Gasteiger partial charge in [-0.2, -0.15) is 11.8 Å². The Morgan fingerprint density at radius 2 is 1.88 bits per heavy atom. The molecule has 2 rings (SSSR count). The van der Waals surface area contributed by atoms with Crippen LogP contribution in [0.25, 0.3) is 0 Å². The number of fused-ring (bicyclic) bond motifs is 1. The van der Waals surface area contributed by atoms with E-state index in [0.717, 1.165) is 23.3 Å². The number of ether oxygens (including phenoxy) is 2. The molecule has 0 saturated heterocycles. The minimum atomic E-state index is 0.179. The van der Waals surface area contributed by atoms with E-state index in [4.69, 9.17) is 9.47 Å². The third-order valence-corrected chi connectivity index (χ3v) is 3.62. The molecule has 0 amide bonds. The van der Waals surface area contributed by atoms with Crippen LogP contribution in [0.2, 0.25) is 0 Å². The number of methoxy groups -OCH3 is 2. The number of carbonyl (C=O) groups excluding carboxylic acids is 1. The van der Waals surface area contributed by atoms with Gasteiger partial charge in [-0.25, -0.2) is 0 Å². The third kappa shape index (κ3) is 2.02. The van der Waals surface area contributed by atoms with Gasteiger partial charge in [0.1, 0.15) is 0 Å². The Kier molecular flexibility index (Phi) is 3.39. The molecule has 0 aromatic heterocycles. The Balaban J connectivity index is 2.51. The second kappa shape index (κ2) is 4.78. The summed E-state index contributed by atoms with van der Waals surface area (Å²) in [4.78, 5) is 11.9. The van der Waals surface area contributed by atoms with Crippen LogP contribution >= 0.6 is 11.8 Å². The summed E-state index contributed by atoms with van der Waals surface area (Å²) < 4.78 is 10.4. The molecular weight excluding hydrogens is 224 g/mol. The molecule has 0 radical (unpaired) electrons. The van der Waals surface area contributed by atoms with Crippen molar-refractivity contribution in [1.82, 2.24) is 0 Å². The number of rotatable bonds is 2. The van der Waals surface area contributed by atoms with E-state index in [2.05, 4.69) is 0 Å². The molecule has 0 bridgehead atoms. The minimum absolute atomic E-state index is 0.179. The van der Waals surface area contributed by atoms with Gasteiger partial charge in [0.05, 0.1) is 20.0 Å². The molecule has 0 atom stereocenters. The molecule has 0 unspecified atom stereocenters. The molecule has 1 aliphatic heterocycles. The smallest absolute Gasteiger partial charge is 0.173 e. The highest BCUT2D eigenvalue weighted by Crippen LogP contribution is 2.33. The zero-order valence-corrected chi connectivity index (χ0v) is 10.2. The number of ketones is 1. The largest absolute Gasteiger partial charge is 0.493 e. The third-order valence-electron chi connectivity index (χ3n) is 2.66. The molecule has 1 aliphatic rings. The summed E-state index contributed by atoms with van der Waals surface area (Å²) in [6.45, 7) is 0. The van der Waals surface area contributed by atoms with E-state index >= 15 is 0 Å². The fraction of sp³-hybridized carbons (Fsp3) is 0.417. The van der Waals surface area contributed by atoms with Crippen molar-refractivity contribution in [2.75, 3.05) is 25.7 Å². The van der Waals surface area contributed by atoms with Gasteiger partial charge in [-0.3, -0.25) is 4.79 Å². The highest BCUT2D eigenvalue weighted by molar-refractivity contribution is 8.00. The molecular formula is C12H14O3S. The highest BCUT2D eigenvalue weighted by Gasteiger charge is 2.19. The van der Waals surface area contributed by atoms with Gasteiger partial charge in [-0.1, -0.05) is 0 Å². The zero-order chi connectivity index (χ0) is 11.5. The SMILES string of the molecule is COc1cc2c(cc1OC)C(=O)CSCC2. The van der Waals surface area contributed by atoms with Gasteiger partial charge in [-0.15, -0.1) is 0 Å². The first-order valence-electron chi connectivity index (χ1n) is 5.12. The number of benzene rings is 1. The van der Waals surface area contributed by atoms with Crippen LogP contribution in [0.15, 0.2) is 12.1 Å². The van der Waals surface area contributed by atoms with E-state index in [1.807, 2.05) is 6.07 Å². The van der Waals surface area contributed by atoms with Crippen LogP contribution in [0.5, 0.6) is 11.5 Å².